The molecule has 0 bridgehead atoms. The van der Waals surface area contributed by atoms with Gasteiger partial charge in [0.15, 0.2) is 0 Å². The van der Waals surface area contributed by atoms with E-state index < -0.39 is 5.82 Å². The van der Waals surface area contributed by atoms with Crippen molar-refractivity contribution in [2.24, 2.45) is 5.92 Å². The number of aryl methyl sites for hydroxylation is 1. The van der Waals surface area contributed by atoms with Crippen LogP contribution in [0.4, 0.5) is 20.6 Å². The molecule has 29 heavy (non-hydrogen) atoms. The summed E-state index contributed by atoms with van der Waals surface area (Å²) in [6.45, 7) is 3.61. The molecule has 3 amide bonds. The number of amides is 3. The first kappa shape index (κ1) is 22.5. The maximum atomic E-state index is 13.2. The summed E-state index contributed by atoms with van der Waals surface area (Å²) in [7, 11) is 0. The molecule has 1 saturated heterocycles. The third-order valence-electron chi connectivity index (χ3n) is 4.93. The van der Waals surface area contributed by atoms with Crippen LogP contribution in [0.3, 0.4) is 0 Å². The minimum absolute atomic E-state index is 0. The summed E-state index contributed by atoms with van der Waals surface area (Å²) in [6, 6.07) is 10.7. The second-order valence-electron chi connectivity index (χ2n) is 7.18. The van der Waals surface area contributed by atoms with E-state index in [1.807, 2.05) is 17.9 Å². The SMILES string of the molecule is Cc1ccc(N)cc1C(=O)N1CCCC(CNC(=O)Nc2cccc(F)c2)C1.Cl. The highest BCUT2D eigenvalue weighted by molar-refractivity contribution is 5.96. The summed E-state index contributed by atoms with van der Waals surface area (Å²) in [5.41, 5.74) is 8.31. The lowest BCUT2D eigenvalue weighted by Crippen LogP contribution is -2.44. The van der Waals surface area contributed by atoms with Gasteiger partial charge < -0.3 is 21.3 Å². The number of carbonyl (C=O) groups excluding carboxylic acids is 2. The van der Waals surface area contributed by atoms with Gasteiger partial charge in [-0.05, 0) is 61.6 Å². The number of rotatable bonds is 4. The van der Waals surface area contributed by atoms with Crippen molar-refractivity contribution >= 4 is 35.7 Å². The highest BCUT2D eigenvalue weighted by Crippen LogP contribution is 2.21. The number of halogens is 2. The Morgan fingerprint density at radius 1 is 1.24 bits per heavy atom. The molecule has 0 aliphatic carbocycles. The highest BCUT2D eigenvalue weighted by Gasteiger charge is 2.25. The summed E-state index contributed by atoms with van der Waals surface area (Å²) in [4.78, 5) is 26.7. The second-order valence-corrected chi connectivity index (χ2v) is 7.18. The van der Waals surface area contributed by atoms with Crippen LogP contribution in [0.5, 0.6) is 0 Å². The Morgan fingerprint density at radius 2 is 2.03 bits per heavy atom. The predicted molar refractivity (Wildman–Crippen MR) is 115 cm³/mol. The molecule has 3 rings (SSSR count). The zero-order chi connectivity index (χ0) is 20.1. The van der Waals surface area contributed by atoms with Gasteiger partial charge in [-0.1, -0.05) is 12.1 Å². The van der Waals surface area contributed by atoms with Crippen molar-refractivity contribution in [2.45, 2.75) is 19.8 Å². The number of piperidine rings is 1. The summed E-state index contributed by atoms with van der Waals surface area (Å²) in [6.07, 6.45) is 1.81. The van der Waals surface area contributed by atoms with E-state index in [-0.39, 0.29) is 30.3 Å². The van der Waals surface area contributed by atoms with Crippen molar-refractivity contribution in [2.75, 3.05) is 30.7 Å². The van der Waals surface area contributed by atoms with Crippen LogP contribution in [0.25, 0.3) is 0 Å². The predicted octanol–water partition coefficient (Wildman–Crippen LogP) is 3.81. The van der Waals surface area contributed by atoms with Crippen molar-refractivity contribution in [3.63, 3.8) is 0 Å². The molecule has 1 unspecified atom stereocenters. The van der Waals surface area contributed by atoms with Crippen LogP contribution in [0, 0.1) is 18.7 Å². The van der Waals surface area contributed by atoms with E-state index in [1.54, 1.807) is 18.2 Å². The van der Waals surface area contributed by atoms with E-state index in [0.29, 0.717) is 36.6 Å². The van der Waals surface area contributed by atoms with Gasteiger partial charge in [-0.25, -0.2) is 9.18 Å². The van der Waals surface area contributed by atoms with Gasteiger partial charge in [-0.2, -0.15) is 0 Å². The number of hydrogen-bond donors (Lipinski definition) is 3. The fraction of sp³-hybridized carbons (Fsp3) is 0.333. The molecular formula is C21H26ClFN4O2. The van der Waals surface area contributed by atoms with Crippen LogP contribution < -0.4 is 16.4 Å². The summed E-state index contributed by atoms with van der Waals surface area (Å²) in [5.74, 6) is -0.271. The summed E-state index contributed by atoms with van der Waals surface area (Å²) in [5, 5.41) is 5.42. The van der Waals surface area contributed by atoms with Crippen molar-refractivity contribution in [1.82, 2.24) is 10.2 Å². The van der Waals surface area contributed by atoms with Crippen molar-refractivity contribution in [3.8, 4) is 0 Å². The number of urea groups is 1. The van der Waals surface area contributed by atoms with Gasteiger partial charge in [-0.3, -0.25) is 4.79 Å². The molecule has 156 valence electrons. The van der Waals surface area contributed by atoms with E-state index >= 15 is 0 Å². The van der Waals surface area contributed by atoms with Crippen LogP contribution in [0.1, 0.15) is 28.8 Å². The van der Waals surface area contributed by atoms with Crippen molar-refractivity contribution < 1.29 is 14.0 Å². The van der Waals surface area contributed by atoms with Gasteiger partial charge in [0.05, 0.1) is 0 Å². The molecule has 1 atom stereocenters. The molecule has 1 fully saturated rings. The standard InChI is InChI=1S/C21H25FN4O2.ClH/c1-14-7-8-17(23)11-19(14)20(27)26-9-3-4-15(13-26)12-24-21(28)25-18-6-2-5-16(22)10-18;/h2,5-8,10-11,15H,3-4,9,12-13,23H2,1H3,(H2,24,25,28);1H. The summed E-state index contributed by atoms with van der Waals surface area (Å²) >= 11 is 0. The molecule has 1 aliphatic rings. The number of nitrogen functional groups attached to an aromatic ring is 1. The quantitative estimate of drug-likeness (QED) is 0.657. The molecule has 6 nitrogen and oxygen atoms in total. The molecule has 4 N–H and O–H groups in total. The van der Waals surface area contributed by atoms with Crippen LogP contribution in [-0.4, -0.2) is 36.5 Å². The Labute approximate surface area is 176 Å². The van der Waals surface area contributed by atoms with E-state index in [0.717, 1.165) is 18.4 Å². The maximum Gasteiger partial charge on any atom is 0.319 e. The number of nitrogens with zero attached hydrogens (tertiary/aromatic N) is 1. The van der Waals surface area contributed by atoms with Crippen molar-refractivity contribution in [3.05, 3.63) is 59.4 Å². The van der Waals surface area contributed by atoms with E-state index in [9.17, 15) is 14.0 Å². The zero-order valence-corrected chi connectivity index (χ0v) is 17.1. The van der Waals surface area contributed by atoms with Crippen LogP contribution in [0.15, 0.2) is 42.5 Å². The number of likely N-dealkylation sites (tertiary alicyclic amines) is 1. The normalized spacial score (nSPS) is 15.9. The minimum atomic E-state index is -0.406. The topological polar surface area (TPSA) is 87.5 Å². The maximum absolute atomic E-state index is 13.2. The van der Waals surface area contributed by atoms with Gasteiger partial charge in [0.2, 0.25) is 0 Å². The minimum Gasteiger partial charge on any atom is -0.399 e. The third-order valence-corrected chi connectivity index (χ3v) is 4.93. The molecule has 8 heteroatoms. The molecule has 2 aromatic carbocycles. The molecular weight excluding hydrogens is 395 g/mol. The van der Waals surface area contributed by atoms with Gasteiger partial charge in [0, 0.05) is 36.6 Å². The molecule has 1 aliphatic heterocycles. The first-order valence-electron chi connectivity index (χ1n) is 9.38. The molecule has 0 aromatic heterocycles. The lowest BCUT2D eigenvalue weighted by molar-refractivity contribution is 0.0674. The molecule has 0 spiro atoms. The van der Waals surface area contributed by atoms with Gasteiger partial charge in [0.25, 0.3) is 5.91 Å². The van der Waals surface area contributed by atoms with Crippen LogP contribution >= 0.6 is 12.4 Å². The van der Waals surface area contributed by atoms with Crippen molar-refractivity contribution in [1.29, 1.82) is 0 Å². The number of hydrogen-bond acceptors (Lipinski definition) is 3. The fourth-order valence-electron chi connectivity index (χ4n) is 3.44. The lowest BCUT2D eigenvalue weighted by Gasteiger charge is -2.33. The fourth-order valence-corrected chi connectivity index (χ4v) is 3.44. The smallest absolute Gasteiger partial charge is 0.319 e. The van der Waals surface area contributed by atoms with Crippen LogP contribution in [0.2, 0.25) is 0 Å². The number of nitrogens with one attached hydrogen (secondary N) is 2. The Bertz CT molecular complexity index is 878. The molecule has 0 saturated carbocycles. The first-order chi connectivity index (χ1) is 13.4. The van der Waals surface area contributed by atoms with E-state index in [1.165, 1.54) is 18.2 Å². The Hall–Kier alpha value is -2.80. The van der Waals surface area contributed by atoms with Crippen LogP contribution in [-0.2, 0) is 0 Å². The first-order valence-corrected chi connectivity index (χ1v) is 9.38. The largest absolute Gasteiger partial charge is 0.399 e. The van der Waals surface area contributed by atoms with Gasteiger partial charge in [0.1, 0.15) is 5.82 Å². The molecule has 2 aromatic rings. The highest BCUT2D eigenvalue weighted by atomic mass is 35.5. The monoisotopic (exact) mass is 420 g/mol. The van der Waals surface area contributed by atoms with Gasteiger partial charge >= 0.3 is 6.03 Å². The number of carbonyl (C=O) groups is 2. The average Bonchev–Trinajstić information content (AvgIpc) is 2.68. The second kappa shape index (κ2) is 10.1. The Morgan fingerprint density at radius 3 is 2.79 bits per heavy atom. The van der Waals surface area contributed by atoms with E-state index in [2.05, 4.69) is 10.6 Å². The molecule has 1 heterocycles. The van der Waals surface area contributed by atoms with Gasteiger partial charge in [-0.15, -0.1) is 12.4 Å². The zero-order valence-electron chi connectivity index (χ0n) is 16.3. The number of anilines is 2. The Kier molecular flexibility index (Phi) is 7.84. The summed E-state index contributed by atoms with van der Waals surface area (Å²) < 4.78 is 13.2. The van der Waals surface area contributed by atoms with E-state index in [4.69, 9.17) is 5.73 Å². The third kappa shape index (κ3) is 6.09. The average molecular weight is 421 g/mol. The molecule has 0 radical (unpaired) electrons. The Balaban J connectivity index is 0.00000300. The number of nitrogens with two attached hydrogens (primary N) is 1. The number of benzene rings is 2. The lowest BCUT2D eigenvalue weighted by atomic mass is 9.96.